The van der Waals surface area contributed by atoms with Crippen LogP contribution < -0.4 is 10.1 Å². The van der Waals surface area contributed by atoms with Gasteiger partial charge in [-0.3, -0.25) is 15.1 Å². The fourth-order valence-electron chi connectivity index (χ4n) is 1.76. The Bertz CT molecular complexity index is 633. The molecule has 0 aromatic carbocycles. The Morgan fingerprint density at radius 2 is 2.19 bits per heavy atom. The van der Waals surface area contributed by atoms with E-state index in [9.17, 15) is 10.1 Å². The zero-order chi connectivity index (χ0) is 15.2. The number of hydrogen-bond donors (Lipinski definition) is 1. The molecule has 0 amide bonds. The lowest BCUT2D eigenvalue weighted by molar-refractivity contribution is -0.387. The highest BCUT2D eigenvalue weighted by Gasteiger charge is 2.23. The summed E-state index contributed by atoms with van der Waals surface area (Å²) < 4.78 is 5.45. The van der Waals surface area contributed by atoms with Gasteiger partial charge >= 0.3 is 5.69 Å². The van der Waals surface area contributed by atoms with Crippen molar-refractivity contribution in [1.82, 2.24) is 15.0 Å². The number of nitro groups is 1. The average Bonchev–Trinajstić information content (AvgIpc) is 2.47. The summed E-state index contributed by atoms with van der Waals surface area (Å²) in [5, 5.41) is 13.8. The fourth-order valence-corrected chi connectivity index (χ4v) is 1.76. The summed E-state index contributed by atoms with van der Waals surface area (Å²) in [6.07, 6.45) is 2.22. The van der Waals surface area contributed by atoms with Crippen LogP contribution in [0.2, 0.25) is 0 Å². The van der Waals surface area contributed by atoms with Gasteiger partial charge in [-0.2, -0.15) is 4.98 Å². The first-order chi connectivity index (χ1) is 10.1. The van der Waals surface area contributed by atoms with Gasteiger partial charge in [0.05, 0.1) is 11.5 Å². The van der Waals surface area contributed by atoms with Crippen LogP contribution in [0.3, 0.4) is 0 Å². The van der Waals surface area contributed by atoms with Gasteiger partial charge in [0.2, 0.25) is 5.95 Å². The smallest absolute Gasteiger partial charge is 0.352 e. The van der Waals surface area contributed by atoms with Gasteiger partial charge in [0.15, 0.2) is 0 Å². The lowest BCUT2D eigenvalue weighted by Crippen LogP contribution is -2.09. The molecule has 0 radical (unpaired) electrons. The standard InChI is InChI=1S/C13H15N5O3/c1-9-11(18(19)20)12(17-13(14-2)16-9)21-8-6-10-5-3-4-7-15-10/h3-5,7H,6,8H2,1-2H3,(H,14,16,17). The Morgan fingerprint density at radius 1 is 1.38 bits per heavy atom. The normalized spacial score (nSPS) is 10.2. The molecule has 8 heteroatoms. The molecule has 8 nitrogen and oxygen atoms in total. The largest absolute Gasteiger partial charge is 0.472 e. The van der Waals surface area contributed by atoms with Gasteiger partial charge in [-0.05, 0) is 19.1 Å². The third-order valence-corrected chi connectivity index (χ3v) is 2.76. The van der Waals surface area contributed by atoms with E-state index in [1.54, 1.807) is 20.2 Å². The molecule has 2 rings (SSSR count). The summed E-state index contributed by atoms with van der Waals surface area (Å²) in [6.45, 7) is 1.80. The van der Waals surface area contributed by atoms with E-state index in [2.05, 4.69) is 20.3 Å². The van der Waals surface area contributed by atoms with Crippen molar-refractivity contribution in [3.8, 4) is 5.88 Å². The molecule has 2 aromatic rings. The van der Waals surface area contributed by atoms with Crippen molar-refractivity contribution in [3.63, 3.8) is 0 Å². The third kappa shape index (κ3) is 3.62. The van der Waals surface area contributed by atoms with E-state index < -0.39 is 4.92 Å². The molecule has 0 saturated carbocycles. The second kappa shape index (κ2) is 6.60. The third-order valence-electron chi connectivity index (χ3n) is 2.76. The maximum Gasteiger partial charge on any atom is 0.352 e. The number of hydrogen-bond acceptors (Lipinski definition) is 7. The van der Waals surface area contributed by atoms with Crippen LogP contribution in [0.15, 0.2) is 24.4 Å². The zero-order valence-corrected chi connectivity index (χ0v) is 11.7. The first-order valence-corrected chi connectivity index (χ1v) is 6.35. The predicted molar refractivity (Wildman–Crippen MR) is 76.4 cm³/mol. The Labute approximate surface area is 121 Å². The van der Waals surface area contributed by atoms with Crippen molar-refractivity contribution in [2.75, 3.05) is 19.0 Å². The number of rotatable bonds is 6. The van der Waals surface area contributed by atoms with E-state index in [0.29, 0.717) is 6.42 Å². The van der Waals surface area contributed by atoms with Crippen molar-refractivity contribution < 1.29 is 9.66 Å². The summed E-state index contributed by atoms with van der Waals surface area (Å²) in [6, 6.07) is 5.56. The molecular formula is C13H15N5O3. The van der Waals surface area contributed by atoms with Gasteiger partial charge < -0.3 is 10.1 Å². The Morgan fingerprint density at radius 3 is 2.81 bits per heavy atom. The first-order valence-electron chi connectivity index (χ1n) is 6.35. The van der Waals surface area contributed by atoms with Gasteiger partial charge in [0.1, 0.15) is 5.69 Å². The molecule has 2 aromatic heterocycles. The molecule has 21 heavy (non-hydrogen) atoms. The summed E-state index contributed by atoms with van der Waals surface area (Å²) >= 11 is 0. The van der Waals surface area contributed by atoms with Crippen LogP contribution >= 0.6 is 0 Å². The number of aromatic nitrogens is 3. The summed E-state index contributed by atoms with van der Waals surface area (Å²) in [5.41, 5.74) is 0.891. The highest BCUT2D eigenvalue weighted by molar-refractivity contribution is 5.48. The van der Waals surface area contributed by atoms with Crippen LogP contribution in [-0.2, 0) is 6.42 Å². The number of anilines is 1. The summed E-state index contributed by atoms with van der Waals surface area (Å²) in [4.78, 5) is 22.7. The maximum atomic E-state index is 11.1. The number of nitrogens with zero attached hydrogens (tertiary/aromatic N) is 4. The van der Waals surface area contributed by atoms with E-state index in [0.717, 1.165) is 5.69 Å². The average molecular weight is 289 g/mol. The molecule has 2 heterocycles. The Balaban J connectivity index is 2.14. The van der Waals surface area contributed by atoms with Crippen LogP contribution in [0.25, 0.3) is 0 Å². The van der Waals surface area contributed by atoms with Gasteiger partial charge in [-0.25, -0.2) is 4.98 Å². The van der Waals surface area contributed by atoms with E-state index in [1.807, 2.05) is 18.2 Å². The first kappa shape index (κ1) is 14.6. The molecule has 0 unspecified atom stereocenters. The SMILES string of the molecule is CNc1nc(C)c([N+](=O)[O-])c(OCCc2ccccn2)n1. The zero-order valence-electron chi connectivity index (χ0n) is 11.7. The highest BCUT2D eigenvalue weighted by atomic mass is 16.6. The second-order valence-corrected chi connectivity index (χ2v) is 4.21. The molecule has 1 N–H and O–H groups in total. The molecule has 0 aliphatic rings. The van der Waals surface area contributed by atoms with Crippen LogP contribution in [-0.4, -0.2) is 33.5 Å². The number of pyridine rings is 1. The molecule has 0 spiro atoms. The minimum absolute atomic E-state index is 0.0345. The quantitative estimate of drug-likeness (QED) is 0.638. The van der Waals surface area contributed by atoms with E-state index in [-0.39, 0.29) is 29.8 Å². The molecule has 0 atom stereocenters. The number of aryl methyl sites for hydroxylation is 1. The van der Waals surface area contributed by atoms with Crippen LogP contribution in [0, 0.1) is 17.0 Å². The monoisotopic (exact) mass is 289 g/mol. The summed E-state index contributed by atoms with van der Waals surface area (Å²) in [5.74, 6) is 0.249. The topological polar surface area (TPSA) is 103 Å². The van der Waals surface area contributed by atoms with E-state index in [1.165, 1.54) is 0 Å². The van der Waals surface area contributed by atoms with Gasteiger partial charge in [0, 0.05) is 25.4 Å². The molecular weight excluding hydrogens is 274 g/mol. The molecule has 0 aliphatic carbocycles. The summed E-state index contributed by atoms with van der Waals surface area (Å²) in [7, 11) is 1.64. The van der Waals surface area contributed by atoms with Gasteiger partial charge in [-0.1, -0.05) is 6.07 Å². The Kier molecular flexibility index (Phi) is 4.60. The highest BCUT2D eigenvalue weighted by Crippen LogP contribution is 2.28. The minimum Gasteiger partial charge on any atom is -0.472 e. The fraction of sp³-hybridized carbons (Fsp3) is 0.308. The van der Waals surface area contributed by atoms with Crippen molar-refractivity contribution in [3.05, 3.63) is 45.9 Å². The van der Waals surface area contributed by atoms with Gasteiger partial charge in [0.25, 0.3) is 5.88 Å². The van der Waals surface area contributed by atoms with Crippen molar-refractivity contribution in [2.45, 2.75) is 13.3 Å². The number of nitrogens with one attached hydrogen (secondary N) is 1. The molecule has 0 saturated heterocycles. The van der Waals surface area contributed by atoms with Crippen molar-refractivity contribution >= 4 is 11.6 Å². The number of ether oxygens (including phenoxy) is 1. The second-order valence-electron chi connectivity index (χ2n) is 4.21. The predicted octanol–water partition coefficient (Wildman–Crippen LogP) is 1.75. The lowest BCUT2D eigenvalue weighted by Gasteiger charge is -2.08. The van der Waals surface area contributed by atoms with E-state index in [4.69, 9.17) is 4.74 Å². The van der Waals surface area contributed by atoms with Crippen molar-refractivity contribution in [1.29, 1.82) is 0 Å². The van der Waals surface area contributed by atoms with Crippen LogP contribution in [0.1, 0.15) is 11.4 Å². The van der Waals surface area contributed by atoms with Crippen LogP contribution in [0.5, 0.6) is 5.88 Å². The maximum absolute atomic E-state index is 11.1. The Hall–Kier alpha value is -2.77. The van der Waals surface area contributed by atoms with E-state index >= 15 is 0 Å². The van der Waals surface area contributed by atoms with Crippen LogP contribution in [0.4, 0.5) is 11.6 Å². The minimum atomic E-state index is -0.537. The van der Waals surface area contributed by atoms with Gasteiger partial charge in [-0.15, -0.1) is 0 Å². The molecule has 110 valence electrons. The molecule has 0 aliphatic heterocycles. The molecule has 0 bridgehead atoms. The van der Waals surface area contributed by atoms with Crippen molar-refractivity contribution in [2.24, 2.45) is 0 Å². The molecule has 0 fully saturated rings. The lowest BCUT2D eigenvalue weighted by atomic mass is 10.3.